The molecule has 1 aromatic rings. The molecule has 0 amide bonds. The van der Waals surface area contributed by atoms with Gasteiger partial charge in [0.05, 0.1) is 11.5 Å². The Balaban J connectivity index is 2.14. The first-order valence-electron chi connectivity index (χ1n) is 7.43. The summed E-state index contributed by atoms with van der Waals surface area (Å²) in [6, 6.07) is 5.15. The van der Waals surface area contributed by atoms with E-state index in [-0.39, 0.29) is 6.04 Å². The van der Waals surface area contributed by atoms with E-state index in [9.17, 15) is 8.42 Å². The van der Waals surface area contributed by atoms with Gasteiger partial charge in [-0.1, -0.05) is 13.0 Å². The number of nitrogens with one attached hydrogen (secondary N) is 2. The van der Waals surface area contributed by atoms with Crippen molar-refractivity contribution in [3.8, 4) is 0 Å². The van der Waals surface area contributed by atoms with Crippen LogP contribution < -0.4 is 10.0 Å². The van der Waals surface area contributed by atoms with Crippen LogP contribution in [0.25, 0.3) is 0 Å². The van der Waals surface area contributed by atoms with Crippen LogP contribution >= 0.6 is 0 Å². The maximum atomic E-state index is 12.5. The minimum atomic E-state index is -3.48. The zero-order chi connectivity index (χ0) is 15.3. The van der Waals surface area contributed by atoms with E-state index in [1.807, 2.05) is 19.9 Å². The van der Waals surface area contributed by atoms with E-state index in [4.69, 9.17) is 4.74 Å². The molecule has 0 aromatic heterocycles. The minimum Gasteiger partial charge on any atom is -0.380 e. The van der Waals surface area contributed by atoms with Crippen molar-refractivity contribution in [1.82, 2.24) is 10.0 Å². The molecule has 0 saturated carbocycles. The van der Waals surface area contributed by atoms with Crippen molar-refractivity contribution in [3.05, 3.63) is 29.3 Å². The topological polar surface area (TPSA) is 67.4 Å². The molecule has 2 rings (SSSR count). The predicted molar refractivity (Wildman–Crippen MR) is 82.7 cm³/mol. The van der Waals surface area contributed by atoms with Crippen molar-refractivity contribution in [1.29, 1.82) is 0 Å². The molecule has 1 saturated heterocycles. The lowest BCUT2D eigenvalue weighted by molar-refractivity contribution is 0.0774. The van der Waals surface area contributed by atoms with E-state index in [0.29, 0.717) is 18.0 Å². The molecule has 2 N–H and O–H groups in total. The van der Waals surface area contributed by atoms with Gasteiger partial charge >= 0.3 is 0 Å². The Kier molecular flexibility index (Phi) is 5.75. The molecule has 1 heterocycles. The fraction of sp³-hybridized carbons (Fsp3) is 0.600. The second kappa shape index (κ2) is 7.35. The summed E-state index contributed by atoms with van der Waals surface area (Å²) in [6.45, 7) is 6.73. The number of rotatable bonds is 6. The van der Waals surface area contributed by atoms with Gasteiger partial charge in [0.15, 0.2) is 0 Å². The van der Waals surface area contributed by atoms with Crippen LogP contribution in [0, 0.1) is 6.92 Å². The third kappa shape index (κ3) is 4.51. The molecular formula is C15H24N2O3S. The van der Waals surface area contributed by atoms with Crippen LogP contribution in [0.15, 0.2) is 23.1 Å². The lowest BCUT2D eigenvalue weighted by atomic mass is 10.1. The average molecular weight is 312 g/mol. The van der Waals surface area contributed by atoms with Crippen LogP contribution in [0.1, 0.15) is 30.9 Å². The maximum Gasteiger partial charge on any atom is 0.240 e. The Hall–Kier alpha value is -0.950. The van der Waals surface area contributed by atoms with E-state index in [0.717, 1.165) is 37.1 Å². The highest BCUT2D eigenvalue weighted by atomic mass is 32.2. The minimum absolute atomic E-state index is 0.123. The first kappa shape index (κ1) is 16.4. The van der Waals surface area contributed by atoms with Crippen molar-refractivity contribution < 1.29 is 13.2 Å². The quantitative estimate of drug-likeness (QED) is 0.836. The molecule has 5 nitrogen and oxygen atoms in total. The highest BCUT2D eigenvalue weighted by Crippen LogP contribution is 2.17. The molecule has 0 spiro atoms. The fourth-order valence-corrected chi connectivity index (χ4v) is 3.69. The van der Waals surface area contributed by atoms with Gasteiger partial charge in [-0.05, 0) is 49.6 Å². The van der Waals surface area contributed by atoms with Crippen LogP contribution in [0.2, 0.25) is 0 Å². The molecular weight excluding hydrogens is 288 g/mol. The summed E-state index contributed by atoms with van der Waals surface area (Å²) in [7, 11) is -3.48. The predicted octanol–water partition coefficient (Wildman–Crippen LogP) is 1.56. The van der Waals surface area contributed by atoms with Crippen molar-refractivity contribution in [2.45, 2.75) is 44.2 Å². The molecule has 1 atom stereocenters. The lowest BCUT2D eigenvalue weighted by Crippen LogP contribution is -2.40. The highest BCUT2D eigenvalue weighted by Gasteiger charge is 2.22. The lowest BCUT2D eigenvalue weighted by Gasteiger charge is -2.23. The van der Waals surface area contributed by atoms with Crippen LogP contribution in [0.5, 0.6) is 0 Å². The third-order valence-electron chi connectivity index (χ3n) is 3.68. The van der Waals surface area contributed by atoms with E-state index in [1.54, 1.807) is 12.1 Å². The van der Waals surface area contributed by atoms with Gasteiger partial charge in [-0.25, -0.2) is 13.1 Å². The Bertz CT molecular complexity index is 566. The van der Waals surface area contributed by atoms with Gasteiger partial charge in [-0.2, -0.15) is 0 Å². The summed E-state index contributed by atoms with van der Waals surface area (Å²) in [5.74, 6) is 0. The molecule has 0 radical (unpaired) electrons. The SMILES string of the molecule is CCNCc1cc(S(=O)(=O)NC2CCCOC2)ccc1C. The normalized spacial score (nSPS) is 19.6. The van der Waals surface area contributed by atoms with Crippen LogP contribution in [0.4, 0.5) is 0 Å². The van der Waals surface area contributed by atoms with Crippen molar-refractivity contribution in [3.63, 3.8) is 0 Å². The molecule has 0 aliphatic carbocycles. The Labute approximate surface area is 127 Å². The second-order valence-electron chi connectivity index (χ2n) is 5.40. The van der Waals surface area contributed by atoms with Gasteiger partial charge in [-0.15, -0.1) is 0 Å². The Morgan fingerprint density at radius 2 is 2.19 bits per heavy atom. The summed E-state index contributed by atoms with van der Waals surface area (Å²) in [5, 5.41) is 3.23. The highest BCUT2D eigenvalue weighted by molar-refractivity contribution is 7.89. The zero-order valence-corrected chi connectivity index (χ0v) is 13.5. The summed E-state index contributed by atoms with van der Waals surface area (Å²) in [4.78, 5) is 0.326. The maximum absolute atomic E-state index is 12.5. The smallest absolute Gasteiger partial charge is 0.240 e. The molecule has 6 heteroatoms. The number of hydrogen-bond donors (Lipinski definition) is 2. The van der Waals surface area contributed by atoms with Gasteiger partial charge in [0.25, 0.3) is 0 Å². The Morgan fingerprint density at radius 1 is 1.38 bits per heavy atom. The molecule has 1 aromatic carbocycles. The van der Waals surface area contributed by atoms with Crippen LogP contribution in [-0.2, 0) is 21.3 Å². The van der Waals surface area contributed by atoms with E-state index in [1.165, 1.54) is 0 Å². The number of hydrogen-bond acceptors (Lipinski definition) is 4. The fourth-order valence-electron chi connectivity index (χ4n) is 2.39. The monoisotopic (exact) mass is 312 g/mol. The van der Waals surface area contributed by atoms with Gasteiger partial charge in [0, 0.05) is 19.2 Å². The summed E-state index contributed by atoms with van der Waals surface area (Å²) < 4.78 is 33.0. The molecule has 118 valence electrons. The molecule has 1 unspecified atom stereocenters. The van der Waals surface area contributed by atoms with Gasteiger partial charge < -0.3 is 10.1 Å². The third-order valence-corrected chi connectivity index (χ3v) is 5.20. The van der Waals surface area contributed by atoms with E-state index in [2.05, 4.69) is 10.0 Å². The number of sulfonamides is 1. The largest absolute Gasteiger partial charge is 0.380 e. The first-order valence-corrected chi connectivity index (χ1v) is 8.91. The van der Waals surface area contributed by atoms with Gasteiger partial charge in [-0.3, -0.25) is 0 Å². The molecule has 21 heavy (non-hydrogen) atoms. The van der Waals surface area contributed by atoms with Gasteiger partial charge in [0.1, 0.15) is 0 Å². The average Bonchev–Trinajstić information content (AvgIpc) is 2.47. The van der Waals surface area contributed by atoms with Gasteiger partial charge in [0.2, 0.25) is 10.0 Å². The standard InChI is InChI=1S/C15H24N2O3S/c1-3-16-10-13-9-15(7-6-12(13)2)21(18,19)17-14-5-4-8-20-11-14/h6-7,9,14,16-17H,3-5,8,10-11H2,1-2H3. The molecule has 1 aliphatic heterocycles. The number of aryl methyl sites for hydroxylation is 1. The molecule has 1 fully saturated rings. The second-order valence-corrected chi connectivity index (χ2v) is 7.12. The number of benzene rings is 1. The first-order chi connectivity index (χ1) is 10.0. The van der Waals surface area contributed by atoms with Crippen LogP contribution in [-0.4, -0.2) is 34.2 Å². The summed E-state index contributed by atoms with van der Waals surface area (Å²) >= 11 is 0. The number of ether oxygens (including phenoxy) is 1. The molecule has 0 bridgehead atoms. The van der Waals surface area contributed by atoms with Crippen molar-refractivity contribution in [2.24, 2.45) is 0 Å². The van der Waals surface area contributed by atoms with Crippen LogP contribution in [0.3, 0.4) is 0 Å². The Morgan fingerprint density at radius 3 is 2.86 bits per heavy atom. The van der Waals surface area contributed by atoms with E-state index >= 15 is 0 Å². The zero-order valence-electron chi connectivity index (χ0n) is 12.7. The van der Waals surface area contributed by atoms with E-state index < -0.39 is 10.0 Å². The summed E-state index contributed by atoms with van der Waals surface area (Å²) in [5.41, 5.74) is 2.11. The van der Waals surface area contributed by atoms with Crippen molar-refractivity contribution in [2.75, 3.05) is 19.8 Å². The summed E-state index contributed by atoms with van der Waals surface area (Å²) in [6.07, 6.45) is 1.72. The molecule has 1 aliphatic rings. The van der Waals surface area contributed by atoms with Crippen molar-refractivity contribution >= 4 is 10.0 Å².